The summed E-state index contributed by atoms with van der Waals surface area (Å²) in [5, 5.41) is 10.1. The molecular weight excluding hydrogens is 346 g/mol. The second kappa shape index (κ2) is 6.73. The van der Waals surface area contributed by atoms with Crippen molar-refractivity contribution in [1.82, 2.24) is 10.2 Å². The Morgan fingerprint density at radius 2 is 2.08 bits per heavy atom. The van der Waals surface area contributed by atoms with Gasteiger partial charge in [0.1, 0.15) is 6.04 Å². The van der Waals surface area contributed by atoms with Crippen molar-refractivity contribution in [3.63, 3.8) is 0 Å². The summed E-state index contributed by atoms with van der Waals surface area (Å²) in [6, 6.07) is -0.966. The molecule has 0 aromatic rings. The summed E-state index contributed by atoms with van der Waals surface area (Å²) in [6.07, 6.45) is -0.875. The van der Waals surface area contributed by atoms with Crippen molar-refractivity contribution in [3.05, 3.63) is 6.42 Å². The number of carbonyl (C=O) groups excluding carboxylic acids is 4. The number of sulfone groups is 1. The molecule has 3 amide bonds. The first kappa shape index (κ1) is 18.1. The quantitative estimate of drug-likeness (QED) is 0.425. The van der Waals surface area contributed by atoms with Crippen LogP contribution in [0, 0.1) is 6.42 Å². The lowest BCUT2D eigenvalue weighted by atomic mass is 10.2. The summed E-state index contributed by atoms with van der Waals surface area (Å²) in [6.45, 7) is -1.12. The Balaban J connectivity index is 2.04. The Bertz CT molecular complexity index is 676. The molecule has 2 rings (SSSR count). The number of rotatable bonds is 4. The maximum Gasteiger partial charge on any atom is 0.310 e. The number of hydrogen-bond donors (Lipinski definition) is 3. The number of ether oxygens (including phenoxy) is 1. The number of nitrogens with one attached hydrogen (secondary N) is 1. The molecule has 2 fully saturated rings. The lowest BCUT2D eigenvalue weighted by Crippen LogP contribution is -2.50. The molecule has 133 valence electrons. The van der Waals surface area contributed by atoms with E-state index in [2.05, 4.69) is 10.1 Å². The molecule has 3 unspecified atom stereocenters. The zero-order valence-electron chi connectivity index (χ0n) is 12.4. The number of cyclic esters (lactones) is 1. The first-order valence-electron chi connectivity index (χ1n) is 6.90. The number of carbonyl (C=O) groups is 4. The Morgan fingerprint density at radius 1 is 1.42 bits per heavy atom. The van der Waals surface area contributed by atoms with Gasteiger partial charge in [0, 0.05) is 6.54 Å². The molecule has 24 heavy (non-hydrogen) atoms. The molecule has 1 radical (unpaired) electrons. The summed E-state index contributed by atoms with van der Waals surface area (Å²) in [5.41, 5.74) is 5.06. The van der Waals surface area contributed by atoms with E-state index in [4.69, 9.17) is 5.73 Å². The van der Waals surface area contributed by atoms with Gasteiger partial charge in [-0.15, -0.1) is 0 Å². The molecule has 2 aliphatic rings. The monoisotopic (exact) mass is 362 g/mol. The fraction of sp³-hybridized carbons (Fsp3) is 0.583. The molecule has 0 saturated carbocycles. The molecule has 0 aliphatic carbocycles. The van der Waals surface area contributed by atoms with Crippen molar-refractivity contribution in [1.29, 1.82) is 0 Å². The highest BCUT2D eigenvalue weighted by molar-refractivity contribution is 7.93. The average Bonchev–Trinajstić information content (AvgIpc) is 2.71. The minimum absolute atomic E-state index is 0.231. The SMILES string of the molecule is NC(=O)C1CN(CC(=O)NC2CC(=O)OC2O)C(=O)[CH]CS1(=O)=O. The van der Waals surface area contributed by atoms with Crippen LogP contribution in [0.4, 0.5) is 0 Å². The van der Waals surface area contributed by atoms with E-state index >= 15 is 0 Å². The van der Waals surface area contributed by atoms with E-state index in [9.17, 15) is 32.7 Å². The highest BCUT2D eigenvalue weighted by atomic mass is 32.2. The van der Waals surface area contributed by atoms with E-state index in [1.54, 1.807) is 0 Å². The van der Waals surface area contributed by atoms with Crippen LogP contribution in [0.25, 0.3) is 0 Å². The van der Waals surface area contributed by atoms with Crippen LogP contribution >= 0.6 is 0 Å². The maximum absolute atomic E-state index is 12.0. The number of aliphatic hydroxyl groups is 1. The van der Waals surface area contributed by atoms with Crippen molar-refractivity contribution in [2.75, 3.05) is 18.8 Å². The summed E-state index contributed by atoms with van der Waals surface area (Å²) in [7, 11) is -3.93. The van der Waals surface area contributed by atoms with Gasteiger partial charge < -0.3 is 25.8 Å². The lowest BCUT2D eigenvalue weighted by molar-refractivity contribution is -0.155. The van der Waals surface area contributed by atoms with E-state index in [1.165, 1.54) is 0 Å². The molecule has 2 saturated heterocycles. The largest absolute Gasteiger partial charge is 0.434 e. The summed E-state index contributed by atoms with van der Waals surface area (Å²) < 4.78 is 28.2. The van der Waals surface area contributed by atoms with E-state index in [0.717, 1.165) is 11.3 Å². The van der Waals surface area contributed by atoms with Gasteiger partial charge in [0.05, 0.1) is 25.1 Å². The molecule has 2 heterocycles. The smallest absolute Gasteiger partial charge is 0.310 e. The molecule has 4 N–H and O–H groups in total. The summed E-state index contributed by atoms with van der Waals surface area (Å²) in [4.78, 5) is 47.0. The number of nitrogens with zero attached hydrogens (tertiary/aromatic N) is 1. The molecule has 0 spiro atoms. The second-order valence-corrected chi connectivity index (χ2v) is 7.63. The van der Waals surface area contributed by atoms with Gasteiger partial charge in [-0.25, -0.2) is 8.42 Å². The van der Waals surface area contributed by atoms with Crippen LogP contribution < -0.4 is 11.1 Å². The number of aliphatic hydroxyl groups excluding tert-OH is 1. The molecule has 3 atom stereocenters. The Hall–Kier alpha value is -2.21. The minimum atomic E-state index is -3.93. The third kappa shape index (κ3) is 4.00. The van der Waals surface area contributed by atoms with Crippen molar-refractivity contribution >= 4 is 33.5 Å². The van der Waals surface area contributed by atoms with Gasteiger partial charge >= 0.3 is 5.97 Å². The van der Waals surface area contributed by atoms with Crippen molar-refractivity contribution in [2.45, 2.75) is 24.0 Å². The summed E-state index contributed by atoms with van der Waals surface area (Å²) >= 11 is 0. The van der Waals surface area contributed by atoms with Crippen LogP contribution in [-0.2, 0) is 33.8 Å². The number of primary amides is 1. The zero-order chi connectivity index (χ0) is 18.1. The highest BCUT2D eigenvalue weighted by Gasteiger charge is 2.39. The van der Waals surface area contributed by atoms with Crippen molar-refractivity contribution in [3.8, 4) is 0 Å². The van der Waals surface area contributed by atoms with Crippen molar-refractivity contribution in [2.24, 2.45) is 5.73 Å². The molecule has 0 bridgehead atoms. The zero-order valence-corrected chi connectivity index (χ0v) is 13.2. The Kier molecular flexibility index (Phi) is 5.08. The van der Waals surface area contributed by atoms with E-state index in [1.807, 2.05) is 0 Å². The standard InChI is InChI=1S/C12H16N3O8S/c13-11(19)7-4-15(9(17)1-2-24(7,21)22)5-8(16)14-6-3-10(18)23-12(6)20/h1,6-7,12,20H,2-5H2,(H2,13,19)(H,14,16). The fourth-order valence-electron chi connectivity index (χ4n) is 2.34. The molecule has 2 aliphatic heterocycles. The third-order valence-electron chi connectivity index (χ3n) is 3.60. The van der Waals surface area contributed by atoms with Gasteiger partial charge in [-0.3, -0.25) is 19.2 Å². The van der Waals surface area contributed by atoms with Gasteiger partial charge in [-0.1, -0.05) is 0 Å². The minimum Gasteiger partial charge on any atom is -0.434 e. The fourth-order valence-corrected chi connectivity index (χ4v) is 3.71. The number of amides is 3. The predicted octanol–water partition coefficient (Wildman–Crippen LogP) is -3.95. The van der Waals surface area contributed by atoms with E-state index in [-0.39, 0.29) is 6.42 Å². The Labute approximate surface area is 137 Å². The molecule has 12 heteroatoms. The van der Waals surface area contributed by atoms with Crippen molar-refractivity contribution < 1.29 is 37.4 Å². The van der Waals surface area contributed by atoms with Gasteiger partial charge in [0.15, 0.2) is 15.1 Å². The van der Waals surface area contributed by atoms with Crippen LogP contribution in [-0.4, -0.2) is 78.5 Å². The van der Waals surface area contributed by atoms with Crippen LogP contribution in [0.5, 0.6) is 0 Å². The number of hydrogen-bond acceptors (Lipinski definition) is 8. The van der Waals surface area contributed by atoms with Crippen LogP contribution in [0.1, 0.15) is 6.42 Å². The second-order valence-electron chi connectivity index (χ2n) is 5.40. The highest BCUT2D eigenvalue weighted by Crippen LogP contribution is 2.14. The van der Waals surface area contributed by atoms with Gasteiger partial charge in [-0.2, -0.15) is 0 Å². The van der Waals surface area contributed by atoms with E-state index < -0.39 is 70.0 Å². The predicted molar refractivity (Wildman–Crippen MR) is 76.3 cm³/mol. The van der Waals surface area contributed by atoms with Gasteiger partial charge in [0.25, 0.3) is 0 Å². The average molecular weight is 362 g/mol. The van der Waals surface area contributed by atoms with Crippen LogP contribution in [0.3, 0.4) is 0 Å². The topological polar surface area (TPSA) is 173 Å². The first-order chi connectivity index (χ1) is 11.1. The lowest BCUT2D eigenvalue weighted by Gasteiger charge is -2.23. The molecular formula is C12H16N3O8S. The summed E-state index contributed by atoms with van der Waals surface area (Å²) in [5.74, 6) is -3.94. The van der Waals surface area contributed by atoms with Gasteiger partial charge in [0.2, 0.25) is 24.0 Å². The normalized spacial score (nSPS) is 29.7. The molecule has 0 aromatic carbocycles. The first-order valence-corrected chi connectivity index (χ1v) is 8.61. The van der Waals surface area contributed by atoms with Gasteiger partial charge in [-0.05, 0) is 0 Å². The number of nitrogens with two attached hydrogens (primary N) is 1. The third-order valence-corrected chi connectivity index (χ3v) is 5.48. The number of esters is 1. The van der Waals surface area contributed by atoms with E-state index in [0.29, 0.717) is 0 Å². The van der Waals surface area contributed by atoms with Crippen LogP contribution in [0.15, 0.2) is 0 Å². The maximum atomic E-state index is 12.0. The molecule has 11 nitrogen and oxygen atoms in total. The molecule has 0 aromatic heterocycles. The van der Waals surface area contributed by atoms with Crippen LogP contribution in [0.2, 0.25) is 0 Å². The Morgan fingerprint density at radius 3 is 2.62 bits per heavy atom.